The average molecular weight is 228 g/mol. The van der Waals surface area contributed by atoms with Crippen LogP contribution in [0.3, 0.4) is 0 Å². The maximum atomic E-state index is 3.54. The lowest BCUT2D eigenvalue weighted by atomic mass is 10.1. The third-order valence-electron chi connectivity index (χ3n) is 2.13. The Labute approximate surface area is 82.5 Å². The first-order valence-electron chi connectivity index (χ1n) is 4.03. The molecule has 0 heterocycles. The van der Waals surface area contributed by atoms with Crippen molar-refractivity contribution in [1.29, 1.82) is 0 Å². The van der Waals surface area contributed by atoms with E-state index in [1.165, 1.54) is 10.0 Å². The Hall–Kier alpha value is -0.340. The van der Waals surface area contributed by atoms with Crippen molar-refractivity contribution in [1.82, 2.24) is 4.90 Å². The molecule has 0 aliphatic heterocycles. The van der Waals surface area contributed by atoms with Crippen molar-refractivity contribution >= 4 is 15.9 Å². The maximum absolute atomic E-state index is 3.54. The van der Waals surface area contributed by atoms with Gasteiger partial charge in [0.15, 0.2) is 0 Å². The van der Waals surface area contributed by atoms with E-state index in [1.807, 2.05) is 6.07 Å². The minimum atomic E-state index is 0.459. The third kappa shape index (κ3) is 2.08. The van der Waals surface area contributed by atoms with E-state index < -0.39 is 0 Å². The van der Waals surface area contributed by atoms with Gasteiger partial charge in [-0.15, -0.1) is 0 Å². The Morgan fingerprint density at radius 1 is 1.25 bits per heavy atom. The topological polar surface area (TPSA) is 3.24 Å². The first-order chi connectivity index (χ1) is 5.63. The summed E-state index contributed by atoms with van der Waals surface area (Å²) in [7, 11) is 4.17. The molecule has 0 aliphatic rings. The summed E-state index contributed by atoms with van der Waals surface area (Å²) in [5, 5.41) is 0. The molecule has 0 spiro atoms. The van der Waals surface area contributed by atoms with E-state index in [0.717, 1.165) is 0 Å². The van der Waals surface area contributed by atoms with Gasteiger partial charge in [0, 0.05) is 10.5 Å². The number of nitrogens with zero attached hydrogens (tertiary/aromatic N) is 1. The molecule has 1 nitrogen and oxygen atoms in total. The highest BCUT2D eigenvalue weighted by Crippen LogP contribution is 2.25. The highest BCUT2D eigenvalue weighted by atomic mass is 79.9. The monoisotopic (exact) mass is 227 g/mol. The van der Waals surface area contributed by atoms with Gasteiger partial charge in [-0.1, -0.05) is 34.1 Å². The smallest absolute Gasteiger partial charge is 0.0324 e. The van der Waals surface area contributed by atoms with Crippen LogP contribution in [0.25, 0.3) is 0 Å². The molecule has 1 aromatic rings. The molecule has 0 bridgehead atoms. The zero-order valence-electron chi connectivity index (χ0n) is 7.71. The lowest BCUT2D eigenvalue weighted by molar-refractivity contribution is 0.320. The summed E-state index contributed by atoms with van der Waals surface area (Å²) < 4.78 is 1.19. The van der Waals surface area contributed by atoms with Crippen LogP contribution < -0.4 is 0 Å². The van der Waals surface area contributed by atoms with Crippen molar-refractivity contribution in [3.05, 3.63) is 34.3 Å². The Morgan fingerprint density at radius 2 is 1.83 bits per heavy atom. The third-order valence-corrected chi connectivity index (χ3v) is 2.85. The predicted molar refractivity (Wildman–Crippen MR) is 56.2 cm³/mol. The largest absolute Gasteiger partial charge is 0.303 e. The van der Waals surface area contributed by atoms with Crippen LogP contribution in [0.5, 0.6) is 0 Å². The van der Waals surface area contributed by atoms with Crippen molar-refractivity contribution in [2.75, 3.05) is 14.1 Å². The summed E-state index contributed by atoms with van der Waals surface area (Å²) in [4.78, 5) is 2.19. The van der Waals surface area contributed by atoms with Gasteiger partial charge in [0.2, 0.25) is 0 Å². The fraction of sp³-hybridized carbons (Fsp3) is 0.400. The van der Waals surface area contributed by atoms with Crippen LogP contribution in [0.2, 0.25) is 0 Å². The Morgan fingerprint density at radius 3 is 2.33 bits per heavy atom. The minimum absolute atomic E-state index is 0.459. The summed E-state index contributed by atoms with van der Waals surface area (Å²) in [6.45, 7) is 2.19. The molecule has 0 radical (unpaired) electrons. The highest BCUT2D eigenvalue weighted by Gasteiger charge is 2.09. The first kappa shape index (κ1) is 9.75. The van der Waals surface area contributed by atoms with Crippen LogP contribution in [0, 0.1) is 0 Å². The van der Waals surface area contributed by atoms with Gasteiger partial charge >= 0.3 is 0 Å². The zero-order valence-corrected chi connectivity index (χ0v) is 9.30. The molecule has 12 heavy (non-hydrogen) atoms. The number of hydrogen-bond acceptors (Lipinski definition) is 1. The molecule has 2 heteroatoms. The van der Waals surface area contributed by atoms with Crippen molar-refractivity contribution in [2.45, 2.75) is 13.0 Å². The summed E-state index contributed by atoms with van der Waals surface area (Å²) in [6, 6.07) is 8.79. The number of benzene rings is 1. The van der Waals surface area contributed by atoms with Crippen LogP contribution in [0.4, 0.5) is 0 Å². The van der Waals surface area contributed by atoms with E-state index in [0.29, 0.717) is 6.04 Å². The van der Waals surface area contributed by atoms with Crippen LogP contribution in [-0.4, -0.2) is 19.0 Å². The number of halogens is 1. The highest BCUT2D eigenvalue weighted by molar-refractivity contribution is 9.10. The van der Waals surface area contributed by atoms with Crippen LogP contribution >= 0.6 is 15.9 Å². The van der Waals surface area contributed by atoms with Crippen molar-refractivity contribution in [3.8, 4) is 0 Å². The quantitative estimate of drug-likeness (QED) is 0.751. The first-order valence-corrected chi connectivity index (χ1v) is 4.83. The lowest BCUT2D eigenvalue weighted by Gasteiger charge is -2.21. The van der Waals surface area contributed by atoms with Crippen molar-refractivity contribution in [2.24, 2.45) is 0 Å². The summed E-state index contributed by atoms with van der Waals surface area (Å²) in [5.74, 6) is 0. The van der Waals surface area contributed by atoms with E-state index in [2.05, 4.69) is 60.0 Å². The molecular formula is C10H14BrN. The second kappa shape index (κ2) is 4.06. The molecule has 1 rings (SSSR count). The molecule has 0 saturated heterocycles. The molecule has 1 unspecified atom stereocenters. The summed E-state index contributed by atoms with van der Waals surface area (Å²) in [5.41, 5.74) is 1.34. The average Bonchev–Trinajstić information content (AvgIpc) is 2.04. The second-order valence-corrected chi connectivity index (χ2v) is 4.02. The molecule has 0 saturated carbocycles. The summed E-state index contributed by atoms with van der Waals surface area (Å²) >= 11 is 3.54. The summed E-state index contributed by atoms with van der Waals surface area (Å²) in [6.07, 6.45) is 0. The van der Waals surface area contributed by atoms with Crippen molar-refractivity contribution < 1.29 is 0 Å². The number of hydrogen-bond donors (Lipinski definition) is 0. The van der Waals surface area contributed by atoms with Gasteiger partial charge in [0.25, 0.3) is 0 Å². The van der Waals surface area contributed by atoms with Gasteiger partial charge in [0.1, 0.15) is 0 Å². The zero-order chi connectivity index (χ0) is 9.14. The van der Waals surface area contributed by atoms with E-state index in [9.17, 15) is 0 Å². The van der Waals surface area contributed by atoms with E-state index in [4.69, 9.17) is 0 Å². The fourth-order valence-corrected chi connectivity index (χ4v) is 1.71. The van der Waals surface area contributed by atoms with Crippen LogP contribution in [0.1, 0.15) is 18.5 Å². The second-order valence-electron chi connectivity index (χ2n) is 3.16. The van der Waals surface area contributed by atoms with E-state index >= 15 is 0 Å². The molecule has 0 N–H and O–H groups in total. The van der Waals surface area contributed by atoms with Gasteiger partial charge in [-0.25, -0.2) is 0 Å². The Bertz CT molecular complexity index is 258. The number of rotatable bonds is 2. The van der Waals surface area contributed by atoms with Gasteiger partial charge in [-0.3, -0.25) is 0 Å². The minimum Gasteiger partial charge on any atom is -0.303 e. The van der Waals surface area contributed by atoms with Crippen LogP contribution in [-0.2, 0) is 0 Å². The lowest BCUT2D eigenvalue weighted by Crippen LogP contribution is -2.16. The fourth-order valence-electron chi connectivity index (χ4n) is 1.09. The SMILES string of the molecule is CC(c1ccccc1Br)N(C)C. The normalized spacial score (nSPS) is 13.4. The molecule has 0 aliphatic carbocycles. The molecule has 0 aromatic heterocycles. The van der Waals surface area contributed by atoms with E-state index in [-0.39, 0.29) is 0 Å². The van der Waals surface area contributed by atoms with Gasteiger partial charge in [-0.2, -0.15) is 0 Å². The van der Waals surface area contributed by atoms with Gasteiger partial charge < -0.3 is 4.90 Å². The molecule has 0 amide bonds. The molecular weight excluding hydrogens is 214 g/mol. The molecule has 66 valence electrons. The van der Waals surface area contributed by atoms with Crippen LogP contribution in [0.15, 0.2) is 28.7 Å². The molecule has 1 aromatic carbocycles. The Balaban J connectivity index is 2.94. The van der Waals surface area contributed by atoms with E-state index in [1.54, 1.807) is 0 Å². The van der Waals surface area contributed by atoms with Gasteiger partial charge in [0.05, 0.1) is 0 Å². The van der Waals surface area contributed by atoms with Gasteiger partial charge in [-0.05, 0) is 32.6 Å². The Kier molecular flexibility index (Phi) is 3.29. The molecule has 1 atom stereocenters. The maximum Gasteiger partial charge on any atom is 0.0324 e. The predicted octanol–water partition coefficient (Wildman–Crippen LogP) is 3.07. The van der Waals surface area contributed by atoms with Crippen molar-refractivity contribution in [3.63, 3.8) is 0 Å². The standard InChI is InChI=1S/C10H14BrN/c1-8(12(2)3)9-6-4-5-7-10(9)11/h4-8H,1-3H3. The molecule has 0 fully saturated rings.